The maximum atomic E-state index is 12.3. The Morgan fingerprint density at radius 3 is 3.00 bits per heavy atom. The van der Waals surface area contributed by atoms with Gasteiger partial charge in [0.25, 0.3) is 5.56 Å². The Bertz CT molecular complexity index is 836. The lowest BCUT2D eigenvalue weighted by Crippen LogP contribution is -2.33. The molecular formula is C19H27N3O3S. The monoisotopic (exact) mass is 377 g/mol. The molecule has 2 N–H and O–H groups in total. The van der Waals surface area contributed by atoms with E-state index in [0.29, 0.717) is 30.2 Å². The van der Waals surface area contributed by atoms with Crippen LogP contribution in [0.4, 0.5) is 0 Å². The van der Waals surface area contributed by atoms with Crippen molar-refractivity contribution in [1.29, 1.82) is 0 Å². The fourth-order valence-electron chi connectivity index (χ4n) is 3.38. The number of nitrogens with zero attached hydrogens (tertiary/aromatic N) is 1. The molecule has 2 unspecified atom stereocenters. The number of fused-ring (bicyclic) bond motifs is 1. The first-order valence-corrected chi connectivity index (χ1v) is 10.2. The zero-order chi connectivity index (χ0) is 18.7. The molecule has 2 aromatic heterocycles. The molecule has 0 aliphatic carbocycles. The van der Waals surface area contributed by atoms with E-state index in [1.165, 1.54) is 11.3 Å². The van der Waals surface area contributed by atoms with Crippen LogP contribution in [0.25, 0.3) is 10.2 Å². The second kappa shape index (κ2) is 8.31. The molecule has 2 atom stereocenters. The maximum absolute atomic E-state index is 12.3. The van der Waals surface area contributed by atoms with E-state index in [1.54, 1.807) is 0 Å². The molecule has 0 radical (unpaired) electrons. The van der Waals surface area contributed by atoms with Crippen LogP contribution in [0.1, 0.15) is 55.3 Å². The normalized spacial score (nSPS) is 18.3. The van der Waals surface area contributed by atoms with Gasteiger partial charge in [-0.2, -0.15) is 0 Å². The molecular weight excluding hydrogens is 350 g/mol. The zero-order valence-electron chi connectivity index (χ0n) is 15.7. The number of aromatic amines is 1. The Morgan fingerprint density at radius 2 is 2.27 bits per heavy atom. The van der Waals surface area contributed by atoms with E-state index >= 15 is 0 Å². The number of aromatic nitrogens is 2. The number of thiophene rings is 1. The molecule has 0 saturated carbocycles. The first-order chi connectivity index (χ1) is 12.4. The largest absolute Gasteiger partial charge is 0.378 e. The van der Waals surface area contributed by atoms with Crippen LogP contribution in [0.15, 0.2) is 4.79 Å². The molecule has 1 aliphatic rings. The highest BCUT2D eigenvalue weighted by molar-refractivity contribution is 7.18. The van der Waals surface area contributed by atoms with Crippen LogP contribution in [0.3, 0.4) is 0 Å². The molecule has 7 heteroatoms. The Balaban J connectivity index is 1.51. The van der Waals surface area contributed by atoms with Crippen LogP contribution in [0.5, 0.6) is 0 Å². The summed E-state index contributed by atoms with van der Waals surface area (Å²) in [6.07, 6.45) is 5.30. The molecule has 0 spiro atoms. The van der Waals surface area contributed by atoms with Crippen LogP contribution in [-0.4, -0.2) is 34.6 Å². The van der Waals surface area contributed by atoms with Crippen LogP contribution in [-0.2, 0) is 16.0 Å². The maximum Gasteiger partial charge on any atom is 0.259 e. The van der Waals surface area contributed by atoms with Crippen molar-refractivity contribution in [1.82, 2.24) is 15.3 Å². The van der Waals surface area contributed by atoms with Gasteiger partial charge in [-0.3, -0.25) is 9.59 Å². The topological polar surface area (TPSA) is 84.1 Å². The third kappa shape index (κ3) is 4.51. The van der Waals surface area contributed by atoms with E-state index in [-0.39, 0.29) is 17.5 Å². The zero-order valence-corrected chi connectivity index (χ0v) is 16.5. The standard InChI is InChI=1S/C19H27N3O3S/c1-11(6-7-14-5-4-10-25-14)20-16(23)9-8-15-21-18(24)17-12(2)13(3)26-19(17)22-15/h11,14H,4-10H2,1-3H3,(H,20,23)(H,21,22,24). The SMILES string of the molecule is Cc1sc2nc(CCC(=O)NC(C)CCC3CCCO3)[nH]c(=O)c2c1C. The third-order valence-electron chi connectivity index (χ3n) is 5.03. The van der Waals surface area contributed by atoms with Crippen molar-refractivity contribution in [2.75, 3.05) is 6.61 Å². The van der Waals surface area contributed by atoms with Crippen LogP contribution < -0.4 is 10.9 Å². The minimum absolute atomic E-state index is 0.00822. The number of amides is 1. The lowest BCUT2D eigenvalue weighted by Gasteiger charge is -2.16. The van der Waals surface area contributed by atoms with Crippen LogP contribution in [0.2, 0.25) is 0 Å². The van der Waals surface area contributed by atoms with Crippen molar-refractivity contribution in [2.24, 2.45) is 0 Å². The van der Waals surface area contributed by atoms with Crippen molar-refractivity contribution < 1.29 is 9.53 Å². The van der Waals surface area contributed by atoms with Gasteiger partial charge in [0.1, 0.15) is 10.7 Å². The van der Waals surface area contributed by atoms with E-state index in [1.807, 2.05) is 20.8 Å². The van der Waals surface area contributed by atoms with E-state index in [0.717, 1.165) is 47.6 Å². The number of rotatable bonds is 7. The molecule has 1 aliphatic heterocycles. The van der Waals surface area contributed by atoms with Crippen molar-refractivity contribution in [3.05, 3.63) is 26.6 Å². The summed E-state index contributed by atoms with van der Waals surface area (Å²) in [7, 11) is 0. The summed E-state index contributed by atoms with van der Waals surface area (Å²) in [5.74, 6) is 0.567. The van der Waals surface area contributed by atoms with Gasteiger partial charge in [0.15, 0.2) is 0 Å². The van der Waals surface area contributed by atoms with Gasteiger partial charge in [-0.15, -0.1) is 11.3 Å². The highest BCUT2D eigenvalue weighted by atomic mass is 32.1. The fraction of sp³-hybridized carbons (Fsp3) is 0.632. The number of H-pyrrole nitrogens is 1. The summed E-state index contributed by atoms with van der Waals surface area (Å²) < 4.78 is 5.62. The Morgan fingerprint density at radius 1 is 1.46 bits per heavy atom. The molecule has 1 fully saturated rings. The van der Waals surface area contributed by atoms with Gasteiger partial charge in [-0.25, -0.2) is 4.98 Å². The number of hydrogen-bond donors (Lipinski definition) is 2. The summed E-state index contributed by atoms with van der Waals surface area (Å²) in [6.45, 7) is 6.82. The summed E-state index contributed by atoms with van der Waals surface area (Å²) >= 11 is 1.53. The van der Waals surface area contributed by atoms with Gasteiger partial charge in [0.05, 0.1) is 11.5 Å². The van der Waals surface area contributed by atoms with Gasteiger partial charge in [-0.1, -0.05) is 0 Å². The molecule has 26 heavy (non-hydrogen) atoms. The lowest BCUT2D eigenvalue weighted by atomic mass is 10.1. The lowest BCUT2D eigenvalue weighted by molar-refractivity contribution is -0.121. The molecule has 3 rings (SSSR count). The smallest absolute Gasteiger partial charge is 0.259 e. The quantitative estimate of drug-likeness (QED) is 0.777. The Labute approximate surface area is 157 Å². The van der Waals surface area contributed by atoms with Crippen molar-refractivity contribution >= 4 is 27.5 Å². The first kappa shape index (κ1) is 19.0. The molecule has 6 nitrogen and oxygen atoms in total. The second-order valence-corrected chi connectivity index (χ2v) is 8.36. The van der Waals surface area contributed by atoms with E-state index in [2.05, 4.69) is 15.3 Å². The average molecular weight is 378 g/mol. The summed E-state index contributed by atoms with van der Waals surface area (Å²) in [4.78, 5) is 33.6. The number of hydrogen-bond acceptors (Lipinski definition) is 5. The van der Waals surface area contributed by atoms with E-state index in [9.17, 15) is 9.59 Å². The molecule has 1 amide bonds. The predicted octanol–water partition coefficient (Wildman–Crippen LogP) is 3.00. The van der Waals surface area contributed by atoms with Gasteiger partial charge < -0.3 is 15.0 Å². The minimum Gasteiger partial charge on any atom is -0.378 e. The molecule has 0 aromatic carbocycles. The van der Waals surface area contributed by atoms with Gasteiger partial charge in [0.2, 0.25) is 5.91 Å². The number of ether oxygens (including phenoxy) is 1. The third-order valence-corrected chi connectivity index (χ3v) is 6.13. The van der Waals surface area contributed by atoms with Gasteiger partial charge in [0, 0.05) is 30.4 Å². The summed E-state index contributed by atoms with van der Waals surface area (Å²) in [5, 5.41) is 3.70. The molecule has 1 saturated heterocycles. The van der Waals surface area contributed by atoms with Crippen molar-refractivity contribution in [2.45, 2.75) is 71.4 Å². The molecule has 0 bridgehead atoms. The highest BCUT2D eigenvalue weighted by Crippen LogP contribution is 2.25. The second-order valence-electron chi connectivity index (χ2n) is 7.16. The average Bonchev–Trinajstić information content (AvgIpc) is 3.20. The summed E-state index contributed by atoms with van der Waals surface area (Å²) in [6, 6.07) is 0.129. The number of carbonyl (C=O) groups excluding carboxylic acids is 1. The van der Waals surface area contributed by atoms with Crippen molar-refractivity contribution in [3.63, 3.8) is 0 Å². The molecule has 142 valence electrons. The first-order valence-electron chi connectivity index (χ1n) is 9.34. The Kier molecular flexibility index (Phi) is 6.09. The predicted molar refractivity (Wildman–Crippen MR) is 104 cm³/mol. The molecule has 2 aromatic rings. The number of nitrogens with one attached hydrogen (secondary N) is 2. The fourth-order valence-corrected chi connectivity index (χ4v) is 4.43. The van der Waals surface area contributed by atoms with E-state index in [4.69, 9.17) is 4.74 Å². The highest BCUT2D eigenvalue weighted by Gasteiger charge is 2.17. The number of carbonyl (C=O) groups is 1. The minimum atomic E-state index is -0.114. The van der Waals surface area contributed by atoms with Gasteiger partial charge >= 0.3 is 0 Å². The van der Waals surface area contributed by atoms with Crippen LogP contribution in [0, 0.1) is 13.8 Å². The van der Waals surface area contributed by atoms with Gasteiger partial charge in [-0.05, 0) is 52.0 Å². The van der Waals surface area contributed by atoms with Crippen LogP contribution >= 0.6 is 11.3 Å². The molecule has 3 heterocycles. The van der Waals surface area contributed by atoms with Crippen molar-refractivity contribution in [3.8, 4) is 0 Å². The number of aryl methyl sites for hydroxylation is 3. The van der Waals surface area contributed by atoms with E-state index < -0.39 is 0 Å². The Hall–Kier alpha value is -1.73. The summed E-state index contributed by atoms with van der Waals surface area (Å²) in [5.41, 5.74) is 0.875.